The van der Waals surface area contributed by atoms with Crippen LogP contribution in [-0.2, 0) is 16.1 Å². The minimum Gasteiger partial charge on any atom is -0.494 e. The number of hydrogen-bond donors (Lipinski definition) is 0. The number of pyridine rings is 1. The van der Waals surface area contributed by atoms with Gasteiger partial charge in [-0.1, -0.05) is 57.2 Å². The fourth-order valence-corrected chi connectivity index (χ4v) is 4.35. The Bertz CT molecular complexity index is 1420. The first-order chi connectivity index (χ1) is 18.2. The molecule has 0 radical (unpaired) electrons. The van der Waals surface area contributed by atoms with Crippen LogP contribution in [0, 0.1) is 5.41 Å². The van der Waals surface area contributed by atoms with Crippen LogP contribution >= 0.6 is 0 Å². The summed E-state index contributed by atoms with van der Waals surface area (Å²) < 4.78 is 10.4. The van der Waals surface area contributed by atoms with Gasteiger partial charge in [0, 0.05) is 18.0 Å². The lowest BCUT2D eigenvalue weighted by atomic mass is 9.91. The second kappa shape index (κ2) is 11.5. The van der Waals surface area contributed by atoms with E-state index >= 15 is 0 Å². The van der Waals surface area contributed by atoms with Crippen molar-refractivity contribution in [3.63, 3.8) is 0 Å². The summed E-state index contributed by atoms with van der Waals surface area (Å²) in [6.07, 6.45) is 2.04. The van der Waals surface area contributed by atoms with Crippen LogP contribution in [0.4, 0.5) is 5.82 Å². The molecular formula is C32H34N2O4. The van der Waals surface area contributed by atoms with Crippen molar-refractivity contribution in [3.05, 3.63) is 90.1 Å². The highest BCUT2D eigenvalue weighted by molar-refractivity contribution is 6.04. The van der Waals surface area contributed by atoms with Crippen molar-refractivity contribution in [2.45, 2.75) is 40.7 Å². The van der Waals surface area contributed by atoms with E-state index in [0.29, 0.717) is 31.0 Å². The summed E-state index contributed by atoms with van der Waals surface area (Å²) in [4.78, 5) is 32.0. The maximum atomic E-state index is 13.6. The Morgan fingerprint density at radius 2 is 1.55 bits per heavy atom. The van der Waals surface area contributed by atoms with E-state index in [-0.39, 0.29) is 11.3 Å². The molecule has 0 bridgehead atoms. The Kier molecular flexibility index (Phi) is 8.10. The average Bonchev–Trinajstić information content (AvgIpc) is 2.90. The second-order valence-electron chi connectivity index (χ2n) is 10.4. The van der Waals surface area contributed by atoms with Gasteiger partial charge in [-0.25, -0.2) is 9.78 Å². The maximum Gasteiger partial charge on any atom is 0.337 e. The highest BCUT2D eigenvalue weighted by Crippen LogP contribution is 2.30. The van der Waals surface area contributed by atoms with Crippen LogP contribution < -0.4 is 9.64 Å². The Balaban J connectivity index is 1.66. The van der Waals surface area contributed by atoms with Gasteiger partial charge in [0.05, 0.1) is 25.8 Å². The maximum absolute atomic E-state index is 13.6. The molecule has 1 heterocycles. The molecule has 4 rings (SSSR count). The molecule has 0 saturated carbocycles. The number of amides is 1. The standard InChI is InChI=1S/C32H34N2O4/c1-6-38-27-14-11-24(12-15-27)23-9-7-22(8-10-23)21-34(29(35)20-32(2,3)4)30-28-16-13-26(31(36)37-5)19-25(28)17-18-33-30/h7-19H,6,20-21H2,1-5H3. The molecule has 0 unspecified atom stereocenters. The number of carbonyl (C=O) groups excluding carboxylic acids is 2. The number of ether oxygens (including phenoxy) is 2. The molecule has 6 heteroatoms. The van der Waals surface area contributed by atoms with Crippen molar-refractivity contribution in [2.75, 3.05) is 18.6 Å². The molecule has 4 aromatic rings. The van der Waals surface area contributed by atoms with Crippen molar-refractivity contribution in [3.8, 4) is 16.9 Å². The van der Waals surface area contributed by atoms with Crippen LogP contribution in [0.25, 0.3) is 21.9 Å². The SMILES string of the molecule is CCOc1ccc(-c2ccc(CN(C(=O)CC(C)(C)C)c3nccc4cc(C(=O)OC)ccc34)cc2)cc1. The van der Waals surface area contributed by atoms with E-state index in [1.165, 1.54) is 7.11 Å². The first kappa shape index (κ1) is 26.9. The van der Waals surface area contributed by atoms with Gasteiger partial charge < -0.3 is 9.47 Å². The summed E-state index contributed by atoms with van der Waals surface area (Å²) in [5, 5.41) is 1.62. The van der Waals surface area contributed by atoms with Crippen LogP contribution in [0.3, 0.4) is 0 Å². The number of methoxy groups -OCH3 is 1. The third kappa shape index (κ3) is 6.38. The highest BCUT2D eigenvalue weighted by atomic mass is 16.5. The Morgan fingerprint density at radius 1 is 0.895 bits per heavy atom. The number of fused-ring (bicyclic) bond motifs is 1. The molecule has 0 N–H and O–H groups in total. The van der Waals surface area contributed by atoms with Crippen molar-refractivity contribution in [1.82, 2.24) is 4.98 Å². The molecule has 38 heavy (non-hydrogen) atoms. The predicted molar refractivity (Wildman–Crippen MR) is 151 cm³/mol. The molecule has 196 valence electrons. The van der Waals surface area contributed by atoms with E-state index in [2.05, 4.69) is 17.1 Å². The fraction of sp³-hybridized carbons (Fsp3) is 0.281. The van der Waals surface area contributed by atoms with Crippen LogP contribution in [-0.4, -0.2) is 30.6 Å². The summed E-state index contributed by atoms with van der Waals surface area (Å²) >= 11 is 0. The lowest BCUT2D eigenvalue weighted by Crippen LogP contribution is -2.34. The molecule has 0 saturated heterocycles. The van der Waals surface area contributed by atoms with Gasteiger partial charge in [0.1, 0.15) is 11.6 Å². The lowest BCUT2D eigenvalue weighted by molar-refractivity contribution is -0.120. The van der Waals surface area contributed by atoms with Gasteiger partial charge in [-0.2, -0.15) is 0 Å². The molecular weight excluding hydrogens is 476 g/mol. The first-order valence-corrected chi connectivity index (χ1v) is 12.8. The fourth-order valence-electron chi connectivity index (χ4n) is 4.35. The monoisotopic (exact) mass is 510 g/mol. The minimum atomic E-state index is -0.404. The van der Waals surface area contributed by atoms with Crippen molar-refractivity contribution < 1.29 is 19.1 Å². The Morgan fingerprint density at radius 3 is 2.16 bits per heavy atom. The topological polar surface area (TPSA) is 68.7 Å². The molecule has 0 spiro atoms. The summed E-state index contributed by atoms with van der Waals surface area (Å²) in [7, 11) is 1.36. The van der Waals surface area contributed by atoms with Gasteiger partial charge >= 0.3 is 5.97 Å². The van der Waals surface area contributed by atoms with Gasteiger partial charge in [-0.15, -0.1) is 0 Å². The molecule has 0 fully saturated rings. The average molecular weight is 511 g/mol. The van der Waals surface area contributed by atoms with Crippen molar-refractivity contribution in [2.24, 2.45) is 5.41 Å². The first-order valence-electron chi connectivity index (χ1n) is 12.8. The van der Waals surface area contributed by atoms with Crippen LogP contribution in [0.5, 0.6) is 5.75 Å². The summed E-state index contributed by atoms with van der Waals surface area (Å²) in [5.74, 6) is 1.01. The number of rotatable bonds is 8. The van der Waals surface area contributed by atoms with Crippen molar-refractivity contribution >= 4 is 28.5 Å². The largest absolute Gasteiger partial charge is 0.494 e. The lowest BCUT2D eigenvalue weighted by Gasteiger charge is -2.27. The number of anilines is 1. The molecule has 0 atom stereocenters. The van der Waals surface area contributed by atoms with Gasteiger partial charge in [-0.3, -0.25) is 9.69 Å². The van der Waals surface area contributed by atoms with Crippen LogP contribution in [0.1, 0.15) is 50.0 Å². The van der Waals surface area contributed by atoms with E-state index in [4.69, 9.17) is 9.47 Å². The number of esters is 1. The minimum absolute atomic E-state index is 0.00914. The van der Waals surface area contributed by atoms with Gasteiger partial charge in [-0.05, 0) is 70.8 Å². The summed E-state index contributed by atoms with van der Waals surface area (Å²) in [5.41, 5.74) is 3.44. The van der Waals surface area contributed by atoms with Gasteiger partial charge in [0.25, 0.3) is 0 Å². The number of hydrogen-bond acceptors (Lipinski definition) is 5. The second-order valence-corrected chi connectivity index (χ2v) is 10.4. The third-order valence-corrected chi connectivity index (χ3v) is 6.20. The third-order valence-electron chi connectivity index (χ3n) is 6.20. The quantitative estimate of drug-likeness (QED) is 0.237. The van der Waals surface area contributed by atoms with E-state index in [9.17, 15) is 9.59 Å². The summed E-state index contributed by atoms with van der Waals surface area (Å²) in [6.45, 7) is 9.13. The zero-order valence-corrected chi connectivity index (χ0v) is 22.7. The molecule has 0 aliphatic carbocycles. The molecule has 1 amide bonds. The van der Waals surface area contributed by atoms with Crippen LogP contribution in [0.2, 0.25) is 0 Å². The molecule has 3 aromatic carbocycles. The van der Waals surface area contributed by atoms with E-state index in [1.54, 1.807) is 23.2 Å². The Labute approximate surface area is 224 Å². The number of carbonyl (C=O) groups is 2. The predicted octanol–water partition coefficient (Wildman–Crippen LogP) is 7.06. The highest BCUT2D eigenvalue weighted by Gasteiger charge is 2.25. The Hall–Kier alpha value is -4.19. The van der Waals surface area contributed by atoms with Crippen molar-refractivity contribution in [1.29, 1.82) is 0 Å². The number of benzene rings is 3. The van der Waals surface area contributed by atoms with E-state index < -0.39 is 5.97 Å². The zero-order chi connectivity index (χ0) is 27.3. The molecule has 6 nitrogen and oxygen atoms in total. The molecule has 0 aliphatic heterocycles. The zero-order valence-electron chi connectivity index (χ0n) is 22.7. The van der Waals surface area contributed by atoms with E-state index in [0.717, 1.165) is 33.2 Å². The van der Waals surface area contributed by atoms with E-state index in [1.807, 2.05) is 76.2 Å². The van der Waals surface area contributed by atoms with Gasteiger partial charge in [0.15, 0.2) is 0 Å². The normalized spacial score (nSPS) is 11.3. The number of nitrogens with zero attached hydrogens (tertiary/aromatic N) is 2. The smallest absolute Gasteiger partial charge is 0.337 e. The van der Waals surface area contributed by atoms with Crippen LogP contribution in [0.15, 0.2) is 79.0 Å². The molecule has 1 aromatic heterocycles. The summed E-state index contributed by atoms with van der Waals surface area (Å²) in [6, 6.07) is 23.4. The van der Waals surface area contributed by atoms with Gasteiger partial charge in [0.2, 0.25) is 5.91 Å². The number of aromatic nitrogens is 1. The molecule has 0 aliphatic rings.